The Balaban J connectivity index is 2.45. The van der Waals surface area contributed by atoms with Crippen LogP contribution in [0.3, 0.4) is 0 Å². The molecule has 5 nitrogen and oxygen atoms in total. The van der Waals surface area contributed by atoms with Crippen LogP contribution in [0.4, 0.5) is 10.1 Å². The molecule has 0 bridgehead atoms. The predicted molar refractivity (Wildman–Crippen MR) is 67.9 cm³/mol. The number of nitrogens with two attached hydrogens (primary N) is 1. The Morgan fingerprint density at radius 3 is 2.68 bits per heavy atom. The van der Waals surface area contributed by atoms with Crippen molar-refractivity contribution >= 4 is 23.4 Å². The molecule has 0 fully saturated rings. The zero-order valence-corrected chi connectivity index (χ0v) is 11.0. The summed E-state index contributed by atoms with van der Waals surface area (Å²) in [5.41, 5.74) is 5.50. The maximum Gasteiger partial charge on any atom is 0.339 e. The fourth-order valence-corrected chi connectivity index (χ4v) is 2.43. The second-order valence-electron chi connectivity index (χ2n) is 3.86. The topological polar surface area (TPSA) is 89.3 Å². The van der Waals surface area contributed by atoms with E-state index in [0.29, 0.717) is 11.0 Å². The SMILES string of the molecule is Cc1nc(Sc2ccc(F)c(N)c2C(=O)O)oc1C. The van der Waals surface area contributed by atoms with Gasteiger partial charge in [0, 0.05) is 4.90 Å². The van der Waals surface area contributed by atoms with Crippen molar-refractivity contribution in [1.82, 2.24) is 4.98 Å². The standard InChI is InChI=1S/C12H11FN2O3S/c1-5-6(2)18-12(15-5)19-8-4-3-7(13)10(14)9(8)11(16)17/h3-4H,14H2,1-2H3,(H,16,17). The molecule has 0 spiro atoms. The Bertz CT molecular complexity index is 635. The van der Waals surface area contributed by atoms with E-state index in [1.54, 1.807) is 13.8 Å². The smallest absolute Gasteiger partial charge is 0.339 e. The molecule has 2 rings (SSSR count). The third-order valence-corrected chi connectivity index (χ3v) is 3.48. The molecular weight excluding hydrogens is 271 g/mol. The summed E-state index contributed by atoms with van der Waals surface area (Å²) in [6, 6.07) is 2.46. The number of hydrogen-bond acceptors (Lipinski definition) is 5. The quantitative estimate of drug-likeness (QED) is 0.841. The molecule has 0 atom stereocenters. The first kappa shape index (κ1) is 13.4. The van der Waals surface area contributed by atoms with E-state index in [0.717, 1.165) is 23.5 Å². The van der Waals surface area contributed by atoms with Crippen LogP contribution in [0.5, 0.6) is 0 Å². The fourth-order valence-electron chi connectivity index (χ4n) is 1.46. The van der Waals surface area contributed by atoms with Crippen LogP contribution >= 0.6 is 11.8 Å². The number of aromatic nitrogens is 1. The van der Waals surface area contributed by atoms with Crippen LogP contribution in [0, 0.1) is 19.7 Å². The van der Waals surface area contributed by atoms with Crippen molar-refractivity contribution in [2.75, 3.05) is 5.73 Å². The van der Waals surface area contributed by atoms with Crippen molar-refractivity contribution < 1.29 is 18.7 Å². The molecule has 0 saturated carbocycles. The normalized spacial score (nSPS) is 10.7. The Labute approximate surface area is 112 Å². The van der Waals surface area contributed by atoms with Crippen molar-refractivity contribution in [3.05, 3.63) is 35.0 Å². The highest BCUT2D eigenvalue weighted by atomic mass is 32.2. The van der Waals surface area contributed by atoms with Crippen LogP contribution in [-0.2, 0) is 0 Å². The number of halogens is 1. The number of nitrogen functional groups attached to an aromatic ring is 1. The van der Waals surface area contributed by atoms with E-state index in [4.69, 9.17) is 15.3 Å². The van der Waals surface area contributed by atoms with E-state index in [9.17, 15) is 9.18 Å². The summed E-state index contributed by atoms with van der Waals surface area (Å²) in [7, 11) is 0. The van der Waals surface area contributed by atoms with Gasteiger partial charge in [-0.25, -0.2) is 14.2 Å². The summed E-state index contributed by atoms with van der Waals surface area (Å²) in [5.74, 6) is -1.41. The fraction of sp³-hybridized carbons (Fsp3) is 0.167. The first-order chi connectivity index (χ1) is 8.90. The number of oxazole rings is 1. The van der Waals surface area contributed by atoms with E-state index in [-0.39, 0.29) is 10.5 Å². The lowest BCUT2D eigenvalue weighted by atomic mass is 10.2. The van der Waals surface area contributed by atoms with Crippen molar-refractivity contribution in [3.63, 3.8) is 0 Å². The van der Waals surface area contributed by atoms with Crippen LogP contribution in [0.1, 0.15) is 21.8 Å². The molecule has 0 unspecified atom stereocenters. The average Bonchev–Trinajstić information content (AvgIpc) is 2.63. The van der Waals surface area contributed by atoms with Crippen LogP contribution in [-0.4, -0.2) is 16.1 Å². The van der Waals surface area contributed by atoms with E-state index >= 15 is 0 Å². The summed E-state index contributed by atoms with van der Waals surface area (Å²) in [6.07, 6.45) is 0. The van der Waals surface area contributed by atoms with Gasteiger partial charge >= 0.3 is 5.97 Å². The molecule has 0 aliphatic carbocycles. The Kier molecular flexibility index (Phi) is 3.48. The maximum atomic E-state index is 13.3. The molecular formula is C12H11FN2O3S. The number of benzene rings is 1. The molecule has 0 saturated heterocycles. The molecule has 19 heavy (non-hydrogen) atoms. The van der Waals surface area contributed by atoms with Gasteiger partial charge in [-0.3, -0.25) is 0 Å². The average molecular weight is 282 g/mol. The molecule has 7 heteroatoms. The largest absolute Gasteiger partial charge is 0.478 e. The first-order valence-electron chi connectivity index (χ1n) is 5.33. The van der Waals surface area contributed by atoms with Crippen LogP contribution in [0.15, 0.2) is 26.7 Å². The summed E-state index contributed by atoms with van der Waals surface area (Å²) < 4.78 is 18.6. The Morgan fingerprint density at radius 1 is 1.47 bits per heavy atom. The first-order valence-corrected chi connectivity index (χ1v) is 6.15. The van der Waals surface area contributed by atoms with Gasteiger partial charge in [0.1, 0.15) is 11.6 Å². The number of carboxylic acid groups (broad SMARTS) is 1. The summed E-state index contributed by atoms with van der Waals surface area (Å²) >= 11 is 0.995. The zero-order chi connectivity index (χ0) is 14.2. The third kappa shape index (κ3) is 2.55. The number of anilines is 1. The molecule has 0 amide bonds. The number of hydrogen-bond donors (Lipinski definition) is 2. The van der Waals surface area contributed by atoms with Gasteiger partial charge in [-0.2, -0.15) is 0 Å². The number of rotatable bonds is 3. The second kappa shape index (κ2) is 4.93. The lowest BCUT2D eigenvalue weighted by molar-refractivity contribution is 0.0694. The van der Waals surface area contributed by atoms with Gasteiger partial charge in [-0.15, -0.1) is 0 Å². The van der Waals surface area contributed by atoms with Crippen molar-refractivity contribution in [3.8, 4) is 0 Å². The van der Waals surface area contributed by atoms with Gasteiger partial charge in [0.2, 0.25) is 0 Å². The Morgan fingerprint density at radius 2 is 2.16 bits per heavy atom. The summed E-state index contributed by atoms with van der Waals surface area (Å²) in [4.78, 5) is 15.6. The molecule has 100 valence electrons. The van der Waals surface area contributed by atoms with Gasteiger partial charge < -0.3 is 15.3 Å². The van der Waals surface area contributed by atoms with Crippen LogP contribution in [0.2, 0.25) is 0 Å². The van der Waals surface area contributed by atoms with Gasteiger partial charge in [0.25, 0.3) is 5.22 Å². The number of aryl methyl sites for hydroxylation is 2. The van der Waals surface area contributed by atoms with Crippen molar-refractivity contribution in [1.29, 1.82) is 0 Å². The minimum Gasteiger partial charge on any atom is -0.478 e. The maximum absolute atomic E-state index is 13.3. The Hall–Kier alpha value is -2.02. The van der Waals surface area contributed by atoms with Gasteiger partial charge in [-0.1, -0.05) is 0 Å². The molecule has 0 aliphatic heterocycles. The highest BCUT2D eigenvalue weighted by Crippen LogP contribution is 2.34. The summed E-state index contributed by atoms with van der Waals surface area (Å²) in [5, 5.41) is 9.39. The van der Waals surface area contributed by atoms with Gasteiger partial charge in [-0.05, 0) is 37.7 Å². The number of aromatic carboxylic acids is 1. The van der Waals surface area contributed by atoms with Crippen molar-refractivity contribution in [2.45, 2.75) is 24.0 Å². The summed E-state index contributed by atoms with van der Waals surface area (Å²) in [6.45, 7) is 3.53. The molecule has 0 radical (unpaired) electrons. The minimum absolute atomic E-state index is 0.279. The molecule has 2 aromatic rings. The van der Waals surface area contributed by atoms with Crippen LogP contribution < -0.4 is 5.73 Å². The van der Waals surface area contributed by atoms with E-state index in [1.165, 1.54) is 6.07 Å². The van der Waals surface area contributed by atoms with Gasteiger partial charge in [0.05, 0.1) is 16.9 Å². The second-order valence-corrected chi connectivity index (χ2v) is 4.86. The molecule has 1 aromatic carbocycles. The third-order valence-electron chi connectivity index (χ3n) is 2.57. The minimum atomic E-state index is -1.29. The number of carbonyl (C=O) groups is 1. The predicted octanol–water partition coefficient (Wildman–Crippen LogP) is 2.86. The van der Waals surface area contributed by atoms with E-state index in [1.807, 2.05) is 0 Å². The van der Waals surface area contributed by atoms with Crippen LogP contribution in [0.25, 0.3) is 0 Å². The molecule has 1 aromatic heterocycles. The zero-order valence-electron chi connectivity index (χ0n) is 10.2. The highest BCUT2D eigenvalue weighted by molar-refractivity contribution is 7.99. The van der Waals surface area contributed by atoms with E-state index < -0.39 is 17.5 Å². The number of carboxylic acids is 1. The highest BCUT2D eigenvalue weighted by Gasteiger charge is 2.20. The lowest BCUT2D eigenvalue weighted by Gasteiger charge is -2.07. The molecule has 3 N–H and O–H groups in total. The lowest BCUT2D eigenvalue weighted by Crippen LogP contribution is -2.06. The van der Waals surface area contributed by atoms with E-state index in [2.05, 4.69) is 4.98 Å². The van der Waals surface area contributed by atoms with Gasteiger partial charge in [0.15, 0.2) is 0 Å². The molecule has 1 heterocycles. The number of nitrogens with zero attached hydrogens (tertiary/aromatic N) is 1. The van der Waals surface area contributed by atoms with Crippen molar-refractivity contribution in [2.24, 2.45) is 0 Å². The monoisotopic (exact) mass is 282 g/mol. The molecule has 0 aliphatic rings.